The zero-order valence-corrected chi connectivity index (χ0v) is 13.0. The van der Waals surface area contributed by atoms with Crippen LogP contribution in [0.3, 0.4) is 0 Å². The third-order valence-electron chi connectivity index (χ3n) is 2.06. The molecule has 0 radical (unpaired) electrons. The number of halogens is 1. The van der Waals surface area contributed by atoms with Crippen LogP contribution in [0.25, 0.3) is 0 Å². The number of esters is 1. The largest absolute Gasteiger partial charge is 0.422 e. The van der Waals surface area contributed by atoms with Crippen molar-refractivity contribution in [3.63, 3.8) is 0 Å². The van der Waals surface area contributed by atoms with E-state index >= 15 is 0 Å². The summed E-state index contributed by atoms with van der Waals surface area (Å²) in [6.07, 6.45) is 1.09. The molecule has 2 N–H and O–H groups in total. The number of aliphatic hydroxyl groups excluding tert-OH is 2. The van der Waals surface area contributed by atoms with Gasteiger partial charge in [-0.25, -0.2) is 4.79 Å². The second-order valence-electron chi connectivity index (χ2n) is 3.73. The molecule has 0 saturated heterocycles. The van der Waals surface area contributed by atoms with Crippen LogP contribution in [0.5, 0.6) is 5.75 Å². The third-order valence-corrected chi connectivity index (χ3v) is 2.37. The van der Waals surface area contributed by atoms with Gasteiger partial charge < -0.3 is 24.4 Å². The van der Waals surface area contributed by atoms with Crippen LogP contribution in [0, 0.1) is 0 Å². The van der Waals surface area contributed by atoms with Gasteiger partial charge in [0.05, 0.1) is 44.7 Å². The fourth-order valence-electron chi connectivity index (χ4n) is 1.13. The molecule has 0 aliphatic rings. The van der Waals surface area contributed by atoms with Crippen LogP contribution in [0.4, 0.5) is 0 Å². The van der Waals surface area contributed by atoms with Crippen molar-refractivity contribution in [2.24, 2.45) is 0 Å². The van der Waals surface area contributed by atoms with Crippen molar-refractivity contribution >= 4 is 17.6 Å². The van der Waals surface area contributed by atoms with Gasteiger partial charge in [-0.3, -0.25) is 0 Å². The fourth-order valence-corrected chi connectivity index (χ4v) is 1.30. The molecule has 124 valence electrons. The van der Waals surface area contributed by atoms with E-state index in [4.69, 9.17) is 36.0 Å². The maximum atomic E-state index is 10.7. The topological polar surface area (TPSA) is 85.2 Å². The first kappa shape index (κ1) is 20.6. The van der Waals surface area contributed by atoms with E-state index in [1.165, 1.54) is 0 Å². The van der Waals surface area contributed by atoms with Gasteiger partial charge in [0.1, 0.15) is 5.75 Å². The molecule has 0 unspecified atom stereocenters. The van der Waals surface area contributed by atoms with Gasteiger partial charge in [-0.15, -0.1) is 0 Å². The van der Waals surface area contributed by atoms with Crippen molar-refractivity contribution in [2.75, 3.05) is 39.6 Å². The Morgan fingerprint density at radius 2 is 1.64 bits per heavy atom. The molecule has 0 aliphatic carbocycles. The van der Waals surface area contributed by atoms with E-state index in [0.717, 1.165) is 6.08 Å². The summed E-state index contributed by atoms with van der Waals surface area (Å²) in [7, 11) is 0. The van der Waals surface area contributed by atoms with Crippen molar-refractivity contribution in [1.29, 1.82) is 0 Å². The predicted molar refractivity (Wildman–Crippen MR) is 83.1 cm³/mol. The van der Waals surface area contributed by atoms with Gasteiger partial charge in [0.25, 0.3) is 0 Å². The number of aliphatic hydroxyl groups is 2. The SMILES string of the molecule is C=CC(=O)Oc1ccccc1Cl.OCCOCCOCCO. The van der Waals surface area contributed by atoms with Crippen molar-refractivity contribution in [3.8, 4) is 5.75 Å². The number of carbonyl (C=O) groups is 1. The molecule has 0 spiro atoms. The standard InChI is InChI=1S/C9H7ClO2.C6H14O4/c1-2-9(11)12-8-6-4-3-5-7(8)10;7-1-3-9-5-6-10-4-2-8/h2-6H,1H2;7-8H,1-6H2. The Bertz CT molecular complexity index is 416. The maximum absolute atomic E-state index is 10.7. The zero-order valence-electron chi connectivity index (χ0n) is 12.2. The minimum atomic E-state index is -0.511. The van der Waals surface area contributed by atoms with Crippen LogP contribution in [0.15, 0.2) is 36.9 Å². The highest BCUT2D eigenvalue weighted by molar-refractivity contribution is 6.32. The Hall–Kier alpha value is -1.44. The first-order valence-corrected chi connectivity index (χ1v) is 6.99. The summed E-state index contributed by atoms with van der Waals surface area (Å²) >= 11 is 5.71. The van der Waals surface area contributed by atoms with Crippen molar-refractivity contribution in [1.82, 2.24) is 0 Å². The average molecular weight is 333 g/mol. The fraction of sp³-hybridized carbons (Fsp3) is 0.400. The van der Waals surface area contributed by atoms with Gasteiger partial charge in [-0.1, -0.05) is 30.3 Å². The van der Waals surface area contributed by atoms with Crippen LogP contribution >= 0.6 is 11.6 Å². The predicted octanol–water partition coefficient (Wildman–Crippen LogP) is 1.44. The highest BCUT2D eigenvalue weighted by atomic mass is 35.5. The Morgan fingerprint density at radius 1 is 1.09 bits per heavy atom. The number of para-hydroxylation sites is 1. The molecule has 0 aliphatic heterocycles. The smallest absolute Gasteiger partial charge is 0.335 e. The Labute approximate surface area is 134 Å². The minimum Gasteiger partial charge on any atom is -0.422 e. The third kappa shape index (κ3) is 11.2. The summed E-state index contributed by atoms with van der Waals surface area (Å²) < 4.78 is 14.6. The monoisotopic (exact) mass is 332 g/mol. The number of rotatable bonds is 9. The van der Waals surface area contributed by atoms with Crippen LogP contribution in [-0.4, -0.2) is 55.8 Å². The van der Waals surface area contributed by atoms with E-state index in [9.17, 15) is 4.79 Å². The van der Waals surface area contributed by atoms with Crippen LogP contribution in [0.1, 0.15) is 0 Å². The zero-order chi connectivity index (χ0) is 16.6. The van der Waals surface area contributed by atoms with E-state index in [1.807, 2.05) is 0 Å². The average Bonchev–Trinajstić information content (AvgIpc) is 2.53. The van der Waals surface area contributed by atoms with Gasteiger partial charge in [-0.05, 0) is 12.1 Å². The summed E-state index contributed by atoms with van der Waals surface area (Å²) in [6.45, 7) is 5.00. The number of carbonyl (C=O) groups excluding carboxylic acids is 1. The summed E-state index contributed by atoms with van der Waals surface area (Å²) in [5, 5.41) is 16.9. The van der Waals surface area contributed by atoms with Crippen LogP contribution in [0.2, 0.25) is 5.02 Å². The molecule has 6 nitrogen and oxygen atoms in total. The van der Waals surface area contributed by atoms with E-state index in [2.05, 4.69) is 6.58 Å². The lowest BCUT2D eigenvalue weighted by molar-refractivity contribution is -0.128. The Morgan fingerprint density at radius 3 is 2.09 bits per heavy atom. The quantitative estimate of drug-likeness (QED) is 0.308. The van der Waals surface area contributed by atoms with Crippen molar-refractivity contribution in [3.05, 3.63) is 41.9 Å². The molecule has 0 bridgehead atoms. The van der Waals surface area contributed by atoms with Gasteiger partial charge in [-0.2, -0.15) is 0 Å². The molecule has 0 atom stereocenters. The number of hydrogen-bond acceptors (Lipinski definition) is 6. The highest BCUT2D eigenvalue weighted by Gasteiger charge is 2.02. The Balaban J connectivity index is 0.000000409. The molecular weight excluding hydrogens is 312 g/mol. The first-order valence-electron chi connectivity index (χ1n) is 6.61. The summed E-state index contributed by atoms with van der Waals surface area (Å²) in [4.78, 5) is 10.7. The second-order valence-corrected chi connectivity index (χ2v) is 4.13. The highest BCUT2D eigenvalue weighted by Crippen LogP contribution is 2.22. The van der Waals surface area contributed by atoms with Crippen LogP contribution < -0.4 is 4.74 Å². The lowest BCUT2D eigenvalue weighted by Gasteiger charge is -2.01. The maximum Gasteiger partial charge on any atom is 0.335 e. The van der Waals surface area contributed by atoms with E-state index < -0.39 is 5.97 Å². The lowest BCUT2D eigenvalue weighted by Crippen LogP contribution is -2.09. The van der Waals surface area contributed by atoms with E-state index in [0.29, 0.717) is 37.2 Å². The Kier molecular flexibility index (Phi) is 13.5. The van der Waals surface area contributed by atoms with Gasteiger partial charge in [0.2, 0.25) is 0 Å². The molecular formula is C15H21ClO6. The molecule has 7 heteroatoms. The molecule has 0 amide bonds. The van der Waals surface area contributed by atoms with Gasteiger partial charge in [0, 0.05) is 6.08 Å². The molecule has 1 aromatic carbocycles. The molecule has 0 fully saturated rings. The van der Waals surface area contributed by atoms with Gasteiger partial charge >= 0.3 is 5.97 Å². The number of ether oxygens (including phenoxy) is 3. The first-order chi connectivity index (χ1) is 10.7. The number of benzene rings is 1. The molecule has 0 heterocycles. The normalized spacial score (nSPS) is 9.59. The van der Waals surface area contributed by atoms with Crippen LogP contribution in [-0.2, 0) is 14.3 Å². The van der Waals surface area contributed by atoms with Crippen molar-refractivity contribution in [2.45, 2.75) is 0 Å². The second kappa shape index (κ2) is 14.5. The number of hydrogen-bond donors (Lipinski definition) is 2. The lowest BCUT2D eigenvalue weighted by atomic mass is 10.3. The minimum absolute atomic E-state index is 0.0417. The van der Waals surface area contributed by atoms with E-state index in [1.54, 1.807) is 24.3 Å². The molecule has 0 saturated carbocycles. The van der Waals surface area contributed by atoms with Gasteiger partial charge in [0.15, 0.2) is 0 Å². The summed E-state index contributed by atoms with van der Waals surface area (Å²) in [5.74, 6) is -0.160. The summed E-state index contributed by atoms with van der Waals surface area (Å²) in [5.41, 5.74) is 0. The van der Waals surface area contributed by atoms with E-state index in [-0.39, 0.29) is 13.2 Å². The molecule has 0 aromatic heterocycles. The van der Waals surface area contributed by atoms with Crippen molar-refractivity contribution < 1.29 is 29.2 Å². The summed E-state index contributed by atoms with van der Waals surface area (Å²) in [6, 6.07) is 6.75. The molecule has 22 heavy (non-hydrogen) atoms. The molecule has 1 aromatic rings. The molecule has 1 rings (SSSR count).